The average Bonchev–Trinajstić information content (AvgIpc) is 2.37. The highest BCUT2D eigenvalue weighted by Crippen LogP contribution is 2.15. The van der Waals surface area contributed by atoms with Crippen molar-refractivity contribution in [3.63, 3.8) is 0 Å². The lowest BCUT2D eigenvalue weighted by Crippen LogP contribution is -2.28. The molecule has 1 atom stereocenters. The maximum absolute atomic E-state index is 11.7. The van der Waals surface area contributed by atoms with E-state index in [0.717, 1.165) is 12.8 Å². The Hall–Kier alpha value is -2.04. The zero-order valence-electron chi connectivity index (χ0n) is 10.8. The molecule has 1 unspecified atom stereocenters. The molecule has 1 rings (SSSR count). The Kier molecular flexibility index (Phi) is 5.85. The number of carboxylic acid groups (broad SMARTS) is 1. The van der Waals surface area contributed by atoms with Gasteiger partial charge in [0.15, 0.2) is 5.92 Å². The normalized spacial score (nSPS) is 11.8. The Morgan fingerprint density at radius 3 is 2.42 bits per heavy atom. The van der Waals surface area contributed by atoms with Gasteiger partial charge in [-0.3, -0.25) is 9.59 Å². The van der Waals surface area contributed by atoms with Crippen LogP contribution in [-0.4, -0.2) is 28.8 Å². The number of aliphatic carboxylic acids is 1. The van der Waals surface area contributed by atoms with Crippen molar-refractivity contribution < 1.29 is 24.5 Å². The second-order valence-corrected chi connectivity index (χ2v) is 4.28. The maximum atomic E-state index is 11.7. The third-order valence-corrected chi connectivity index (χ3v) is 2.70. The third-order valence-electron chi connectivity index (χ3n) is 2.70. The summed E-state index contributed by atoms with van der Waals surface area (Å²) in [5.41, 5.74) is 0.664. The number of unbranched alkanes of at least 4 members (excludes halogenated alkanes) is 1. The van der Waals surface area contributed by atoms with Crippen LogP contribution in [0.1, 0.15) is 25.3 Å². The van der Waals surface area contributed by atoms with Crippen LogP contribution in [0.2, 0.25) is 0 Å². The van der Waals surface area contributed by atoms with Crippen LogP contribution in [0, 0.1) is 5.92 Å². The number of carbonyl (C=O) groups is 2. The van der Waals surface area contributed by atoms with Crippen LogP contribution < -0.4 is 0 Å². The van der Waals surface area contributed by atoms with Gasteiger partial charge in [0.2, 0.25) is 0 Å². The summed E-state index contributed by atoms with van der Waals surface area (Å²) < 4.78 is 4.93. The minimum Gasteiger partial charge on any atom is -0.508 e. The quantitative estimate of drug-likeness (QED) is 0.448. The van der Waals surface area contributed by atoms with Crippen LogP contribution in [0.3, 0.4) is 0 Å². The van der Waals surface area contributed by atoms with E-state index in [1.54, 1.807) is 12.1 Å². The number of carbonyl (C=O) groups excluding carboxylic acids is 1. The fraction of sp³-hybridized carbons (Fsp3) is 0.429. The van der Waals surface area contributed by atoms with Gasteiger partial charge >= 0.3 is 11.9 Å². The summed E-state index contributed by atoms with van der Waals surface area (Å²) in [6, 6.07) is 6.09. The topological polar surface area (TPSA) is 83.8 Å². The van der Waals surface area contributed by atoms with Crippen LogP contribution in [0.5, 0.6) is 5.75 Å². The second kappa shape index (κ2) is 7.41. The fourth-order valence-corrected chi connectivity index (χ4v) is 1.56. The Balaban J connectivity index is 2.64. The van der Waals surface area contributed by atoms with Crippen molar-refractivity contribution in [1.29, 1.82) is 0 Å². The number of phenolic OH excluding ortho intramolecular Hbond substituents is 1. The molecule has 0 saturated heterocycles. The van der Waals surface area contributed by atoms with E-state index in [0.29, 0.717) is 5.56 Å². The molecule has 104 valence electrons. The lowest BCUT2D eigenvalue weighted by molar-refractivity contribution is -0.158. The minimum absolute atomic E-state index is 0.0561. The van der Waals surface area contributed by atoms with E-state index in [2.05, 4.69) is 0 Å². The van der Waals surface area contributed by atoms with Gasteiger partial charge in [0.1, 0.15) is 5.75 Å². The van der Waals surface area contributed by atoms with Crippen molar-refractivity contribution in [2.75, 3.05) is 6.61 Å². The Labute approximate surface area is 111 Å². The van der Waals surface area contributed by atoms with Gasteiger partial charge in [0.25, 0.3) is 0 Å². The van der Waals surface area contributed by atoms with Gasteiger partial charge in [-0.2, -0.15) is 0 Å². The summed E-state index contributed by atoms with van der Waals surface area (Å²) in [5, 5.41) is 18.2. The number of benzene rings is 1. The summed E-state index contributed by atoms with van der Waals surface area (Å²) in [6.45, 7) is 2.20. The first-order valence-electron chi connectivity index (χ1n) is 6.22. The van der Waals surface area contributed by atoms with Crippen LogP contribution >= 0.6 is 0 Å². The van der Waals surface area contributed by atoms with E-state index in [1.807, 2.05) is 6.92 Å². The molecule has 5 heteroatoms. The Morgan fingerprint density at radius 2 is 1.89 bits per heavy atom. The van der Waals surface area contributed by atoms with Gasteiger partial charge in [-0.05, 0) is 30.5 Å². The molecular weight excluding hydrogens is 248 g/mol. The monoisotopic (exact) mass is 266 g/mol. The molecule has 0 fully saturated rings. The number of hydrogen-bond acceptors (Lipinski definition) is 4. The molecule has 0 aliphatic heterocycles. The number of ether oxygens (including phenoxy) is 1. The van der Waals surface area contributed by atoms with Gasteiger partial charge < -0.3 is 14.9 Å². The second-order valence-electron chi connectivity index (χ2n) is 4.28. The molecule has 0 saturated carbocycles. The molecule has 0 spiro atoms. The number of rotatable bonds is 7. The average molecular weight is 266 g/mol. The molecule has 2 N–H and O–H groups in total. The van der Waals surface area contributed by atoms with Crippen LogP contribution in [0.25, 0.3) is 0 Å². The first kappa shape index (κ1) is 15.0. The SMILES string of the molecule is CCCCOC(=O)C(Cc1ccc(O)cc1)C(=O)O. The van der Waals surface area contributed by atoms with Crippen molar-refractivity contribution in [3.8, 4) is 5.75 Å². The molecule has 1 aromatic carbocycles. The summed E-state index contributed by atoms with van der Waals surface area (Å²) in [5.74, 6) is -3.02. The summed E-state index contributed by atoms with van der Waals surface area (Å²) in [7, 11) is 0. The smallest absolute Gasteiger partial charge is 0.320 e. The van der Waals surface area contributed by atoms with E-state index < -0.39 is 17.9 Å². The van der Waals surface area contributed by atoms with Gasteiger partial charge in [0.05, 0.1) is 6.61 Å². The van der Waals surface area contributed by atoms with E-state index in [4.69, 9.17) is 14.9 Å². The van der Waals surface area contributed by atoms with Gasteiger partial charge in [-0.1, -0.05) is 25.5 Å². The fourth-order valence-electron chi connectivity index (χ4n) is 1.56. The van der Waals surface area contributed by atoms with E-state index in [1.165, 1.54) is 12.1 Å². The lowest BCUT2D eigenvalue weighted by Gasteiger charge is -2.12. The molecule has 19 heavy (non-hydrogen) atoms. The van der Waals surface area contributed by atoms with Crippen LogP contribution in [0.15, 0.2) is 24.3 Å². The first-order valence-corrected chi connectivity index (χ1v) is 6.22. The van der Waals surface area contributed by atoms with Crippen molar-refractivity contribution in [3.05, 3.63) is 29.8 Å². The number of hydrogen-bond donors (Lipinski definition) is 2. The van der Waals surface area contributed by atoms with Gasteiger partial charge in [0, 0.05) is 0 Å². The molecule has 0 aromatic heterocycles. The van der Waals surface area contributed by atoms with Crippen molar-refractivity contribution >= 4 is 11.9 Å². The van der Waals surface area contributed by atoms with Crippen LogP contribution in [0.4, 0.5) is 0 Å². The highest BCUT2D eigenvalue weighted by Gasteiger charge is 2.28. The molecule has 0 radical (unpaired) electrons. The predicted octanol–water partition coefficient (Wildman–Crippen LogP) is 1.98. The summed E-state index contributed by atoms with van der Waals surface area (Å²) in [4.78, 5) is 22.8. The van der Waals surface area contributed by atoms with Crippen LogP contribution in [-0.2, 0) is 20.7 Å². The van der Waals surface area contributed by atoms with Gasteiger partial charge in [-0.25, -0.2) is 0 Å². The highest BCUT2D eigenvalue weighted by molar-refractivity contribution is 5.94. The Morgan fingerprint density at radius 1 is 1.26 bits per heavy atom. The molecule has 0 aliphatic rings. The molecular formula is C14H18O5. The molecule has 0 aliphatic carbocycles. The molecule has 0 bridgehead atoms. The van der Waals surface area contributed by atoms with Crippen molar-refractivity contribution in [2.24, 2.45) is 5.92 Å². The van der Waals surface area contributed by atoms with E-state index >= 15 is 0 Å². The minimum atomic E-state index is -1.21. The van der Waals surface area contributed by atoms with E-state index in [9.17, 15) is 9.59 Å². The van der Waals surface area contributed by atoms with Crippen molar-refractivity contribution in [1.82, 2.24) is 0 Å². The zero-order chi connectivity index (χ0) is 14.3. The Bertz CT molecular complexity index is 424. The maximum Gasteiger partial charge on any atom is 0.320 e. The zero-order valence-corrected chi connectivity index (χ0v) is 10.8. The summed E-state index contributed by atoms with van der Waals surface area (Å²) >= 11 is 0. The largest absolute Gasteiger partial charge is 0.508 e. The lowest BCUT2D eigenvalue weighted by atomic mass is 9.99. The predicted molar refractivity (Wildman–Crippen MR) is 68.8 cm³/mol. The standard InChI is InChI=1S/C14H18O5/c1-2-3-8-19-14(18)12(13(16)17)9-10-4-6-11(15)7-5-10/h4-7,12,15H,2-3,8-9H2,1H3,(H,16,17). The van der Waals surface area contributed by atoms with Gasteiger partial charge in [-0.15, -0.1) is 0 Å². The number of esters is 1. The molecule has 5 nitrogen and oxygen atoms in total. The summed E-state index contributed by atoms with van der Waals surface area (Å²) in [6.07, 6.45) is 1.65. The molecule has 0 amide bonds. The van der Waals surface area contributed by atoms with E-state index in [-0.39, 0.29) is 18.8 Å². The molecule has 0 heterocycles. The third kappa shape index (κ3) is 4.99. The highest BCUT2D eigenvalue weighted by atomic mass is 16.5. The first-order chi connectivity index (χ1) is 9.04. The number of aromatic hydroxyl groups is 1. The number of carboxylic acids is 1. The van der Waals surface area contributed by atoms with Crippen molar-refractivity contribution in [2.45, 2.75) is 26.2 Å². The number of phenols is 1. The molecule has 1 aromatic rings.